The van der Waals surface area contributed by atoms with Crippen molar-refractivity contribution in [2.75, 3.05) is 24.7 Å². The van der Waals surface area contributed by atoms with Gasteiger partial charge in [0.2, 0.25) is 6.10 Å². The van der Waals surface area contributed by atoms with Crippen LogP contribution in [0.15, 0.2) is 53.7 Å². The Bertz CT molecular complexity index is 882. The van der Waals surface area contributed by atoms with Crippen LogP contribution >= 0.6 is 23.2 Å². The maximum atomic E-state index is 13.3. The van der Waals surface area contributed by atoms with Crippen molar-refractivity contribution in [2.45, 2.75) is 18.9 Å². The molecular weight excluding hydrogens is 399 g/mol. The van der Waals surface area contributed by atoms with Crippen molar-refractivity contribution in [1.29, 1.82) is 0 Å². The van der Waals surface area contributed by atoms with Crippen LogP contribution in [0.4, 0.5) is 5.69 Å². The highest BCUT2D eigenvalue weighted by Gasteiger charge is 2.35. The molecule has 0 bridgehead atoms. The number of anilines is 1. The minimum absolute atomic E-state index is 0.109. The first-order chi connectivity index (χ1) is 13.6. The number of para-hydroxylation sites is 1. The van der Waals surface area contributed by atoms with E-state index >= 15 is 0 Å². The summed E-state index contributed by atoms with van der Waals surface area (Å²) in [6.45, 7) is 2.01. The number of carbonyl (C=O) groups excluding carboxylic acids is 1. The number of benzene rings is 2. The van der Waals surface area contributed by atoms with Crippen molar-refractivity contribution in [3.05, 3.63) is 64.1 Å². The molecule has 0 N–H and O–H groups in total. The zero-order valence-electron chi connectivity index (χ0n) is 15.2. The number of rotatable bonds is 5. The minimum Gasteiger partial charge on any atom is -0.382 e. The van der Waals surface area contributed by atoms with Crippen molar-refractivity contribution >= 4 is 40.5 Å². The van der Waals surface area contributed by atoms with Crippen LogP contribution in [0.1, 0.15) is 18.4 Å². The van der Waals surface area contributed by atoms with Gasteiger partial charge in [0.25, 0.3) is 5.91 Å². The van der Waals surface area contributed by atoms with Gasteiger partial charge in [0, 0.05) is 41.8 Å². The molecule has 2 aliphatic heterocycles. The Kier molecular flexibility index (Phi) is 5.85. The normalized spacial score (nSPS) is 21.3. The first-order valence-corrected chi connectivity index (χ1v) is 9.99. The van der Waals surface area contributed by atoms with Crippen LogP contribution in [-0.4, -0.2) is 37.5 Å². The molecule has 2 aliphatic rings. The van der Waals surface area contributed by atoms with E-state index in [1.807, 2.05) is 30.3 Å². The quantitative estimate of drug-likeness (QED) is 0.714. The van der Waals surface area contributed by atoms with Crippen molar-refractivity contribution in [1.82, 2.24) is 0 Å². The highest BCUT2D eigenvalue weighted by atomic mass is 35.5. The van der Waals surface area contributed by atoms with E-state index in [0.717, 1.165) is 24.3 Å². The fourth-order valence-corrected chi connectivity index (χ4v) is 4.00. The number of nitrogens with zero attached hydrogens (tertiary/aromatic N) is 2. The van der Waals surface area contributed by atoms with E-state index in [-0.39, 0.29) is 5.91 Å². The smallest absolute Gasteiger partial charge is 0.271 e. The first kappa shape index (κ1) is 19.2. The fraction of sp³-hybridized carbons (Fsp3) is 0.333. The van der Waals surface area contributed by atoms with Crippen molar-refractivity contribution < 1.29 is 14.4 Å². The first-order valence-electron chi connectivity index (χ1n) is 9.24. The van der Waals surface area contributed by atoms with Crippen LogP contribution in [-0.2, 0) is 14.4 Å². The van der Waals surface area contributed by atoms with Gasteiger partial charge in [-0.1, -0.05) is 52.6 Å². The average molecular weight is 419 g/mol. The average Bonchev–Trinajstić information content (AvgIpc) is 3.38. The summed E-state index contributed by atoms with van der Waals surface area (Å²) < 4.78 is 5.48. The van der Waals surface area contributed by atoms with Gasteiger partial charge >= 0.3 is 0 Å². The molecule has 0 spiro atoms. The van der Waals surface area contributed by atoms with E-state index in [9.17, 15) is 4.79 Å². The number of halogens is 2. The molecule has 1 fully saturated rings. The highest BCUT2D eigenvalue weighted by Crippen LogP contribution is 2.28. The van der Waals surface area contributed by atoms with E-state index in [4.69, 9.17) is 32.8 Å². The second-order valence-corrected chi connectivity index (χ2v) is 7.82. The molecule has 146 valence electrons. The minimum atomic E-state index is -0.677. The summed E-state index contributed by atoms with van der Waals surface area (Å²) in [5.74, 6) is 0.207. The number of ether oxygens (including phenoxy) is 1. The summed E-state index contributed by atoms with van der Waals surface area (Å²) >= 11 is 12.2. The van der Waals surface area contributed by atoms with Gasteiger partial charge in [0.05, 0.1) is 17.3 Å². The van der Waals surface area contributed by atoms with Gasteiger partial charge in [0.15, 0.2) is 0 Å². The third-order valence-corrected chi connectivity index (χ3v) is 5.53. The molecule has 2 atom stereocenters. The summed E-state index contributed by atoms with van der Waals surface area (Å²) in [5, 5.41) is 5.17. The van der Waals surface area contributed by atoms with E-state index in [1.54, 1.807) is 23.1 Å². The number of carbonyl (C=O) groups is 1. The zero-order valence-corrected chi connectivity index (χ0v) is 16.7. The second-order valence-electron chi connectivity index (χ2n) is 6.97. The number of hydrogen-bond acceptors (Lipinski definition) is 4. The van der Waals surface area contributed by atoms with Gasteiger partial charge < -0.3 is 14.5 Å². The molecule has 7 heteroatoms. The van der Waals surface area contributed by atoms with Crippen LogP contribution in [0.5, 0.6) is 0 Å². The van der Waals surface area contributed by atoms with Crippen LogP contribution in [0.3, 0.4) is 0 Å². The van der Waals surface area contributed by atoms with Gasteiger partial charge in [-0.15, -0.1) is 0 Å². The topological polar surface area (TPSA) is 51.1 Å². The summed E-state index contributed by atoms with van der Waals surface area (Å²) in [6, 6.07) is 14.8. The molecule has 28 heavy (non-hydrogen) atoms. The number of hydrogen-bond donors (Lipinski definition) is 0. The van der Waals surface area contributed by atoms with E-state index in [0.29, 0.717) is 41.2 Å². The highest BCUT2D eigenvalue weighted by molar-refractivity contribution is 6.37. The molecule has 0 unspecified atom stereocenters. The molecular formula is C21H20Cl2N2O3. The Balaban J connectivity index is 1.51. The predicted octanol–water partition coefficient (Wildman–Crippen LogP) is 4.56. The van der Waals surface area contributed by atoms with Gasteiger partial charge in [-0.3, -0.25) is 4.79 Å². The molecule has 2 aromatic carbocycles. The van der Waals surface area contributed by atoms with Gasteiger partial charge in [-0.2, -0.15) is 0 Å². The zero-order chi connectivity index (χ0) is 19.5. The summed E-state index contributed by atoms with van der Waals surface area (Å²) in [4.78, 5) is 20.6. The van der Waals surface area contributed by atoms with Crippen molar-refractivity contribution in [2.24, 2.45) is 11.1 Å². The molecule has 0 aromatic heterocycles. The molecule has 0 radical (unpaired) electrons. The molecule has 5 nitrogen and oxygen atoms in total. The predicted molar refractivity (Wildman–Crippen MR) is 110 cm³/mol. The van der Waals surface area contributed by atoms with Gasteiger partial charge in [-0.05, 0) is 30.7 Å². The molecule has 1 saturated heterocycles. The van der Waals surface area contributed by atoms with Crippen molar-refractivity contribution in [3.63, 3.8) is 0 Å². The third kappa shape index (κ3) is 4.17. The number of oxime groups is 1. The van der Waals surface area contributed by atoms with E-state index in [1.165, 1.54) is 0 Å². The molecule has 1 amide bonds. The summed E-state index contributed by atoms with van der Waals surface area (Å²) in [6.07, 6.45) is 0.638. The van der Waals surface area contributed by atoms with E-state index in [2.05, 4.69) is 5.16 Å². The van der Waals surface area contributed by atoms with Gasteiger partial charge in [-0.25, -0.2) is 0 Å². The monoisotopic (exact) mass is 418 g/mol. The standard InChI is InChI=1S/C21H20Cl2N2O3/c22-15-6-7-17(18(23)10-15)19-11-20(28-24-19)21(26)25(12-14-8-9-27-13-14)16-4-2-1-3-5-16/h1-7,10,14,20H,8-9,11-13H2/t14-,20+/m1/s1. The lowest BCUT2D eigenvalue weighted by atomic mass is 10.0. The van der Waals surface area contributed by atoms with E-state index < -0.39 is 6.10 Å². The van der Waals surface area contributed by atoms with Gasteiger partial charge in [0.1, 0.15) is 0 Å². The Labute approximate surface area is 173 Å². The van der Waals surface area contributed by atoms with Crippen molar-refractivity contribution in [3.8, 4) is 0 Å². The van der Waals surface area contributed by atoms with Crippen LogP contribution in [0, 0.1) is 5.92 Å². The lowest BCUT2D eigenvalue weighted by molar-refractivity contribution is -0.128. The Morgan fingerprint density at radius 2 is 2.00 bits per heavy atom. The maximum Gasteiger partial charge on any atom is 0.271 e. The van der Waals surface area contributed by atoms with Crippen LogP contribution in [0.25, 0.3) is 0 Å². The van der Waals surface area contributed by atoms with Crippen LogP contribution in [0.2, 0.25) is 10.0 Å². The largest absolute Gasteiger partial charge is 0.382 e. The molecule has 0 aliphatic carbocycles. The third-order valence-electron chi connectivity index (χ3n) is 4.99. The number of amides is 1. The Hall–Kier alpha value is -2.08. The SMILES string of the molecule is O=C([C@@H]1CC(c2ccc(Cl)cc2Cl)=NO1)N(C[C@H]1CCOC1)c1ccccc1. The lowest BCUT2D eigenvalue weighted by Crippen LogP contribution is -2.42. The second kappa shape index (κ2) is 8.52. The Morgan fingerprint density at radius 1 is 1.18 bits per heavy atom. The summed E-state index contributed by atoms with van der Waals surface area (Å²) in [7, 11) is 0. The van der Waals surface area contributed by atoms with Crippen LogP contribution < -0.4 is 4.90 Å². The maximum absolute atomic E-state index is 13.3. The summed E-state index contributed by atoms with van der Waals surface area (Å²) in [5.41, 5.74) is 2.23. The molecule has 2 heterocycles. The fourth-order valence-electron chi connectivity index (χ4n) is 3.48. The Morgan fingerprint density at radius 3 is 2.71 bits per heavy atom. The molecule has 4 rings (SSSR count). The lowest BCUT2D eigenvalue weighted by Gasteiger charge is -2.27. The molecule has 0 saturated carbocycles. The molecule has 2 aromatic rings.